The number of ether oxygens (including phenoxy) is 3. The Kier molecular flexibility index (Phi) is 9.12. The summed E-state index contributed by atoms with van der Waals surface area (Å²) in [6.45, 7) is 3.51. The number of rotatable bonds is 13. The Hall–Kier alpha value is -1.91. The highest BCUT2D eigenvalue weighted by atomic mass is 35.5. The molecule has 1 saturated heterocycles. The summed E-state index contributed by atoms with van der Waals surface area (Å²) < 4.78 is 19.6. The zero-order valence-corrected chi connectivity index (χ0v) is 19.4. The standard InChI is InChI=1S/C21H27Cl2N3O6/c1-2-3-4-5-6-11-29-13-17-14-30-21(31-17,18-8-7-16(22)12-19(18)23)15-25-10-9-24-20(25)32-26(27)28/h7-10,12,17H,2-6,11,13-15H2,1H3. The summed E-state index contributed by atoms with van der Waals surface area (Å²) in [6.07, 6.45) is 8.39. The lowest BCUT2D eigenvalue weighted by molar-refractivity contribution is -0.713. The second-order valence-electron chi connectivity index (χ2n) is 7.57. The van der Waals surface area contributed by atoms with Crippen molar-refractivity contribution in [3.05, 3.63) is 56.3 Å². The van der Waals surface area contributed by atoms with E-state index in [1.807, 2.05) is 0 Å². The van der Waals surface area contributed by atoms with Gasteiger partial charge in [0.05, 0.1) is 24.8 Å². The zero-order valence-electron chi connectivity index (χ0n) is 17.9. The van der Waals surface area contributed by atoms with E-state index in [-0.39, 0.29) is 25.3 Å². The van der Waals surface area contributed by atoms with Crippen molar-refractivity contribution in [1.82, 2.24) is 9.55 Å². The summed E-state index contributed by atoms with van der Waals surface area (Å²) >= 11 is 12.5. The molecule has 1 aromatic carbocycles. The summed E-state index contributed by atoms with van der Waals surface area (Å²) in [5, 5.41) is 10.7. The van der Waals surface area contributed by atoms with Crippen LogP contribution >= 0.6 is 23.2 Å². The van der Waals surface area contributed by atoms with Crippen molar-refractivity contribution in [2.24, 2.45) is 0 Å². The molecule has 2 unspecified atom stereocenters. The fourth-order valence-corrected chi connectivity index (χ4v) is 4.13. The molecule has 0 amide bonds. The number of hydrogen-bond acceptors (Lipinski definition) is 7. The summed E-state index contributed by atoms with van der Waals surface area (Å²) in [5.74, 6) is -1.31. The molecular formula is C21H27Cl2N3O6. The maximum absolute atomic E-state index is 10.8. The van der Waals surface area contributed by atoms with Gasteiger partial charge in [0.1, 0.15) is 6.10 Å². The first-order valence-corrected chi connectivity index (χ1v) is 11.4. The van der Waals surface area contributed by atoms with Gasteiger partial charge in [-0.25, -0.2) is 9.82 Å². The van der Waals surface area contributed by atoms with E-state index in [4.69, 9.17) is 37.4 Å². The average Bonchev–Trinajstić information content (AvgIpc) is 3.34. The van der Waals surface area contributed by atoms with Gasteiger partial charge in [-0.2, -0.15) is 0 Å². The summed E-state index contributed by atoms with van der Waals surface area (Å²) in [6, 6.07) is 4.79. The first-order valence-electron chi connectivity index (χ1n) is 10.6. The zero-order chi connectivity index (χ0) is 23.0. The van der Waals surface area contributed by atoms with Crippen LogP contribution in [0, 0.1) is 10.1 Å². The van der Waals surface area contributed by atoms with Crippen LogP contribution in [0.4, 0.5) is 0 Å². The molecule has 2 atom stereocenters. The van der Waals surface area contributed by atoms with Crippen LogP contribution in [0.25, 0.3) is 0 Å². The number of hydrogen-bond donors (Lipinski definition) is 0. The lowest BCUT2D eigenvalue weighted by atomic mass is 10.1. The van der Waals surface area contributed by atoms with Crippen molar-refractivity contribution >= 4 is 23.2 Å². The van der Waals surface area contributed by atoms with Gasteiger partial charge in [0.15, 0.2) is 0 Å². The summed E-state index contributed by atoms with van der Waals surface area (Å²) in [4.78, 5) is 19.2. The highest BCUT2D eigenvalue weighted by Gasteiger charge is 2.45. The second kappa shape index (κ2) is 11.8. The van der Waals surface area contributed by atoms with Crippen molar-refractivity contribution in [3.8, 4) is 6.01 Å². The molecule has 9 nitrogen and oxygen atoms in total. The smallest absolute Gasteiger partial charge is 0.302 e. The topological polar surface area (TPSA) is 97.9 Å². The third-order valence-electron chi connectivity index (χ3n) is 5.11. The molecule has 0 bridgehead atoms. The van der Waals surface area contributed by atoms with E-state index in [2.05, 4.69) is 16.7 Å². The number of benzene rings is 1. The molecule has 1 aliphatic heterocycles. The minimum absolute atomic E-state index is 0.0328. The summed E-state index contributed by atoms with van der Waals surface area (Å²) in [7, 11) is 0. The molecule has 1 aliphatic rings. The van der Waals surface area contributed by atoms with Gasteiger partial charge in [-0.15, -0.1) is 10.1 Å². The van der Waals surface area contributed by atoms with E-state index in [1.165, 1.54) is 36.2 Å². The van der Waals surface area contributed by atoms with Crippen LogP contribution < -0.4 is 4.84 Å². The monoisotopic (exact) mass is 487 g/mol. The third-order valence-corrected chi connectivity index (χ3v) is 5.66. The molecule has 0 saturated carbocycles. The number of imidazole rings is 1. The van der Waals surface area contributed by atoms with E-state index >= 15 is 0 Å². The maximum Gasteiger partial charge on any atom is 0.302 e. The molecule has 176 valence electrons. The van der Waals surface area contributed by atoms with Crippen LogP contribution in [0.15, 0.2) is 30.6 Å². The Morgan fingerprint density at radius 3 is 2.88 bits per heavy atom. The molecule has 0 aliphatic carbocycles. The molecule has 1 fully saturated rings. The van der Waals surface area contributed by atoms with Gasteiger partial charge in [-0.3, -0.25) is 0 Å². The van der Waals surface area contributed by atoms with Gasteiger partial charge < -0.3 is 18.8 Å². The predicted molar refractivity (Wildman–Crippen MR) is 118 cm³/mol. The number of aromatic nitrogens is 2. The second-order valence-corrected chi connectivity index (χ2v) is 8.41. The largest absolute Gasteiger partial charge is 0.379 e. The fourth-order valence-electron chi connectivity index (χ4n) is 3.58. The van der Waals surface area contributed by atoms with E-state index < -0.39 is 10.9 Å². The molecule has 3 rings (SSSR count). The SMILES string of the molecule is CCCCCCCOCC1COC(Cn2ccnc2O[N+](=O)[O-])(c2ccc(Cl)cc2Cl)O1. The first-order chi connectivity index (χ1) is 15.4. The van der Waals surface area contributed by atoms with Crippen LogP contribution in [-0.2, 0) is 26.5 Å². The molecule has 0 spiro atoms. The Bertz CT molecular complexity index is 896. The minimum Gasteiger partial charge on any atom is -0.379 e. The van der Waals surface area contributed by atoms with Crippen LogP contribution in [-0.4, -0.2) is 40.6 Å². The lowest BCUT2D eigenvalue weighted by Gasteiger charge is -2.30. The molecule has 0 N–H and O–H groups in total. The van der Waals surface area contributed by atoms with Crippen molar-refractivity contribution in [2.45, 2.75) is 57.5 Å². The van der Waals surface area contributed by atoms with Gasteiger partial charge in [0, 0.05) is 29.6 Å². The van der Waals surface area contributed by atoms with Crippen molar-refractivity contribution in [1.29, 1.82) is 0 Å². The van der Waals surface area contributed by atoms with E-state index in [1.54, 1.807) is 18.2 Å². The maximum atomic E-state index is 10.8. The Labute approximate surface area is 196 Å². The lowest BCUT2D eigenvalue weighted by Crippen LogP contribution is -2.35. The third kappa shape index (κ3) is 6.55. The fraction of sp³-hybridized carbons (Fsp3) is 0.571. The Balaban J connectivity index is 1.71. The van der Waals surface area contributed by atoms with E-state index in [0.29, 0.717) is 28.8 Å². The Morgan fingerprint density at radius 2 is 2.12 bits per heavy atom. The average molecular weight is 488 g/mol. The number of halogens is 2. The first kappa shape index (κ1) is 24.7. The van der Waals surface area contributed by atoms with Crippen molar-refractivity contribution in [3.63, 3.8) is 0 Å². The predicted octanol–water partition coefficient (Wildman–Crippen LogP) is 5.02. The molecular weight excluding hydrogens is 461 g/mol. The number of unbranched alkanes of at least 4 members (excludes halogenated alkanes) is 4. The number of nitrogens with zero attached hydrogens (tertiary/aromatic N) is 3. The quantitative estimate of drug-likeness (QED) is 0.222. The van der Waals surface area contributed by atoms with Crippen LogP contribution in [0.1, 0.15) is 44.6 Å². The van der Waals surface area contributed by atoms with Gasteiger partial charge in [-0.1, -0.05) is 61.9 Å². The molecule has 32 heavy (non-hydrogen) atoms. The van der Waals surface area contributed by atoms with Crippen molar-refractivity contribution < 1.29 is 24.1 Å². The minimum atomic E-state index is -1.31. The molecule has 2 aromatic rings. The molecule has 11 heteroatoms. The highest BCUT2D eigenvalue weighted by Crippen LogP contribution is 2.41. The molecule has 2 heterocycles. The normalized spacial score (nSPS) is 20.5. The van der Waals surface area contributed by atoms with E-state index in [9.17, 15) is 10.1 Å². The highest BCUT2D eigenvalue weighted by molar-refractivity contribution is 6.35. The Morgan fingerprint density at radius 1 is 1.31 bits per heavy atom. The molecule has 1 aromatic heterocycles. The van der Waals surface area contributed by atoms with Gasteiger partial charge in [0.2, 0.25) is 5.79 Å². The van der Waals surface area contributed by atoms with Crippen molar-refractivity contribution in [2.75, 3.05) is 19.8 Å². The van der Waals surface area contributed by atoms with Gasteiger partial charge in [0.25, 0.3) is 6.01 Å². The van der Waals surface area contributed by atoms with Crippen LogP contribution in [0.2, 0.25) is 10.0 Å². The van der Waals surface area contributed by atoms with E-state index in [0.717, 1.165) is 12.8 Å². The van der Waals surface area contributed by atoms with Gasteiger partial charge >= 0.3 is 5.09 Å². The van der Waals surface area contributed by atoms with Crippen LogP contribution in [0.5, 0.6) is 6.01 Å². The summed E-state index contributed by atoms with van der Waals surface area (Å²) in [5.41, 5.74) is 0.548. The van der Waals surface area contributed by atoms with Gasteiger partial charge in [-0.05, 0) is 18.6 Å². The van der Waals surface area contributed by atoms with Crippen LogP contribution in [0.3, 0.4) is 0 Å². The molecule has 0 radical (unpaired) electrons.